The molecule has 1 aromatic heterocycles. The highest BCUT2D eigenvalue weighted by molar-refractivity contribution is 9.10. The van der Waals surface area contributed by atoms with Gasteiger partial charge in [0.05, 0.1) is 5.03 Å². The number of nitrogens with zero attached hydrogens (tertiary/aromatic N) is 1. The highest BCUT2D eigenvalue weighted by Crippen LogP contribution is 2.25. The lowest BCUT2D eigenvalue weighted by atomic mass is 10.0. The smallest absolute Gasteiger partial charge is 0.0961 e. The zero-order valence-electron chi connectivity index (χ0n) is 11.1. The lowest BCUT2D eigenvalue weighted by molar-refractivity contribution is 0.820. The van der Waals surface area contributed by atoms with E-state index in [1.807, 2.05) is 18.3 Å². The number of nitrogens with two attached hydrogens (primary N) is 1. The van der Waals surface area contributed by atoms with Crippen molar-refractivity contribution in [2.24, 2.45) is 5.73 Å². The lowest BCUT2D eigenvalue weighted by Crippen LogP contribution is -2.14. The number of rotatable bonds is 4. The van der Waals surface area contributed by atoms with Crippen molar-refractivity contribution in [3.05, 3.63) is 57.7 Å². The minimum atomic E-state index is 0.0380. The van der Waals surface area contributed by atoms with Crippen LogP contribution in [0.1, 0.15) is 22.7 Å². The Bertz CT molecular complexity index is 555. The van der Waals surface area contributed by atoms with Crippen LogP contribution in [-0.4, -0.2) is 10.7 Å². The van der Waals surface area contributed by atoms with Crippen molar-refractivity contribution >= 4 is 27.7 Å². The topological polar surface area (TPSA) is 38.9 Å². The summed E-state index contributed by atoms with van der Waals surface area (Å²) in [4.78, 5) is 4.34. The van der Waals surface area contributed by atoms with Gasteiger partial charge in [-0.2, -0.15) is 0 Å². The van der Waals surface area contributed by atoms with Gasteiger partial charge in [-0.25, -0.2) is 4.98 Å². The summed E-state index contributed by atoms with van der Waals surface area (Å²) in [5.41, 5.74) is 10.0. The molecule has 0 saturated heterocycles. The number of aromatic nitrogens is 1. The summed E-state index contributed by atoms with van der Waals surface area (Å²) in [5.74, 6) is 0.832. The molecular formula is C15H17BrN2S. The van der Waals surface area contributed by atoms with Crippen LogP contribution in [0, 0.1) is 13.8 Å². The minimum Gasteiger partial charge on any atom is -0.323 e. The molecule has 2 aromatic rings. The Hall–Kier alpha value is -0.840. The summed E-state index contributed by atoms with van der Waals surface area (Å²) in [6, 6.07) is 10.5. The van der Waals surface area contributed by atoms with Crippen molar-refractivity contribution in [2.75, 3.05) is 5.75 Å². The normalized spacial score (nSPS) is 12.4. The Labute approximate surface area is 126 Å². The van der Waals surface area contributed by atoms with E-state index in [0.717, 1.165) is 15.3 Å². The summed E-state index contributed by atoms with van der Waals surface area (Å²) in [6.45, 7) is 4.22. The molecule has 2 N–H and O–H groups in total. The van der Waals surface area contributed by atoms with Crippen LogP contribution in [0.4, 0.5) is 0 Å². The number of hydrogen-bond donors (Lipinski definition) is 1. The van der Waals surface area contributed by atoms with Crippen LogP contribution in [0.15, 0.2) is 46.0 Å². The van der Waals surface area contributed by atoms with Crippen LogP contribution in [0.5, 0.6) is 0 Å². The van der Waals surface area contributed by atoms with E-state index in [4.69, 9.17) is 5.73 Å². The van der Waals surface area contributed by atoms with E-state index < -0.39 is 0 Å². The summed E-state index contributed by atoms with van der Waals surface area (Å²) in [7, 11) is 0. The molecule has 100 valence electrons. The number of thioether (sulfide) groups is 1. The quantitative estimate of drug-likeness (QED) is 0.848. The average molecular weight is 337 g/mol. The molecule has 0 aliphatic rings. The Kier molecular flexibility index (Phi) is 5.02. The van der Waals surface area contributed by atoms with E-state index in [9.17, 15) is 0 Å². The van der Waals surface area contributed by atoms with Gasteiger partial charge in [0.15, 0.2) is 0 Å². The summed E-state index contributed by atoms with van der Waals surface area (Å²) >= 11 is 5.07. The number of aryl methyl sites for hydroxylation is 2. The average Bonchev–Trinajstić information content (AvgIpc) is 2.37. The Balaban J connectivity index is 2.01. The largest absolute Gasteiger partial charge is 0.323 e. The third kappa shape index (κ3) is 4.06. The summed E-state index contributed by atoms with van der Waals surface area (Å²) in [6.07, 6.45) is 1.81. The third-order valence-corrected chi connectivity index (χ3v) is 4.47. The predicted octanol–water partition coefficient (Wildman–Crippen LogP) is 4.25. The van der Waals surface area contributed by atoms with E-state index in [2.05, 4.69) is 53.0 Å². The van der Waals surface area contributed by atoms with Gasteiger partial charge in [0, 0.05) is 22.5 Å². The molecule has 0 aliphatic carbocycles. The van der Waals surface area contributed by atoms with Gasteiger partial charge < -0.3 is 5.73 Å². The van der Waals surface area contributed by atoms with E-state index in [-0.39, 0.29) is 6.04 Å². The number of halogens is 1. The Morgan fingerprint density at radius 2 is 2.05 bits per heavy atom. The van der Waals surface area contributed by atoms with Crippen molar-refractivity contribution in [2.45, 2.75) is 24.9 Å². The number of benzene rings is 1. The fourth-order valence-electron chi connectivity index (χ4n) is 1.95. The van der Waals surface area contributed by atoms with Crippen LogP contribution in [0.3, 0.4) is 0 Å². The third-order valence-electron chi connectivity index (χ3n) is 2.94. The molecule has 1 atom stereocenters. The zero-order valence-corrected chi connectivity index (χ0v) is 13.5. The van der Waals surface area contributed by atoms with Crippen molar-refractivity contribution < 1.29 is 0 Å². The molecule has 1 heterocycles. The molecule has 0 aliphatic heterocycles. The molecule has 19 heavy (non-hydrogen) atoms. The Morgan fingerprint density at radius 3 is 2.68 bits per heavy atom. The molecular weight excluding hydrogens is 320 g/mol. The second-order valence-corrected chi connectivity index (χ2v) is 6.55. The fraction of sp³-hybridized carbons (Fsp3) is 0.267. The van der Waals surface area contributed by atoms with Crippen LogP contribution in [-0.2, 0) is 0 Å². The number of hydrogen-bond acceptors (Lipinski definition) is 3. The SMILES string of the molecule is Cc1ccc(C(N)CSc2ccc(Br)cn2)c(C)c1. The van der Waals surface area contributed by atoms with E-state index in [1.54, 1.807) is 11.8 Å². The van der Waals surface area contributed by atoms with Gasteiger partial charge in [-0.1, -0.05) is 23.8 Å². The monoisotopic (exact) mass is 336 g/mol. The highest BCUT2D eigenvalue weighted by Gasteiger charge is 2.10. The first-order valence-electron chi connectivity index (χ1n) is 6.13. The maximum atomic E-state index is 6.27. The van der Waals surface area contributed by atoms with Gasteiger partial charge in [-0.3, -0.25) is 0 Å². The fourth-order valence-corrected chi connectivity index (χ4v) is 3.01. The highest BCUT2D eigenvalue weighted by atomic mass is 79.9. The first kappa shape index (κ1) is 14.6. The molecule has 0 fully saturated rings. The molecule has 2 nitrogen and oxygen atoms in total. The molecule has 0 spiro atoms. The Morgan fingerprint density at radius 1 is 1.26 bits per heavy atom. The molecule has 0 bridgehead atoms. The van der Waals surface area contributed by atoms with Gasteiger partial charge in [0.25, 0.3) is 0 Å². The van der Waals surface area contributed by atoms with Crippen LogP contribution in [0.25, 0.3) is 0 Å². The second kappa shape index (κ2) is 6.55. The van der Waals surface area contributed by atoms with E-state index in [1.165, 1.54) is 16.7 Å². The molecule has 1 unspecified atom stereocenters. The molecule has 1 aromatic carbocycles. The van der Waals surface area contributed by atoms with Crippen molar-refractivity contribution in [1.82, 2.24) is 4.98 Å². The maximum absolute atomic E-state index is 6.27. The van der Waals surface area contributed by atoms with Crippen molar-refractivity contribution in [1.29, 1.82) is 0 Å². The van der Waals surface area contributed by atoms with Gasteiger partial charge in [-0.15, -0.1) is 11.8 Å². The van der Waals surface area contributed by atoms with Gasteiger partial charge in [0.2, 0.25) is 0 Å². The van der Waals surface area contributed by atoms with Gasteiger partial charge in [-0.05, 0) is 53.0 Å². The lowest BCUT2D eigenvalue weighted by Gasteiger charge is -2.14. The first-order chi connectivity index (χ1) is 9.06. The first-order valence-corrected chi connectivity index (χ1v) is 7.91. The van der Waals surface area contributed by atoms with Gasteiger partial charge >= 0.3 is 0 Å². The van der Waals surface area contributed by atoms with E-state index >= 15 is 0 Å². The molecule has 2 rings (SSSR count). The minimum absolute atomic E-state index is 0.0380. The second-order valence-electron chi connectivity index (χ2n) is 4.59. The zero-order chi connectivity index (χ0) is 13.8. The van der Waals surface area contributed by atoms with Crippen molar-refractivity contribution in [3.63, 3.8) is 0 Å². The summed E-state index contributed by atoms with van der Waals surface area (Å²) < 4.78 is 0.996. The number of pyridine rings is 1. The maximum Gasteiger partial charge on any atom is 0.0961 e. The standard InChI is InChI=1S/C15H17BrN2S/c1-10-3-5-13(11(2)7-10)14(17)9-19-15-6-4-12(16)8-18-15/h3-8,14H,9,17H2,1-2H3. The van der Waals surface area contributed by atoms with Crippen LogP contribution < -0.4 is 5.73 Å². The molecule has 0 radical (unpaired) electrons. The summed E-state index contributed by atoms with van der Waals surface area (Å²) in [5, 5.41) is 1.00. The van der Waals surface area contributed by atoms with Gasteiger partial charge in [0.1, 0.15) is 0 Å². The van der Waals surface area contributed by atoms with Crippen molar-refractivity contribution in [3.8, 4) is 0 Å². The van der Waals surface area contributed by atoms with E-state index in [0.29, 0.717) is 0 Å². The molecule has 0 saturated carbocycles. The van der Waals surface area contributed by atoms with Crippen LogP contribution in [0.2, 0.25) is 0 Å². The molecule has 0 amide bonds. The molecule has 4 heteroatoms. The van der Waals surface area contributed by atoms with Crippen LogP contribution >= 0.6 is 27.7 Å². The predicted molar refractivity (Wildman–Crippen MR) is 85.5 cm³/mol.